The standard InChI is InChI=1S/C20H30N4O2.ClH/c1-15-6-5-7-16(14-15)22-19(26)24-12-10-23(11-13-24)18(25)17-8-3-4-9-20(17,2)21;/h5-7,14,17H,3-4,8-13,21H2,1-2H3,(H,22,26);1H. The highest BCUT2D eigenvalue weighted by molar-refractivity contribution is 5.89. The van der Waals surface area contributed by atoms with Crippen molar-refractivity contribution in [3.05, 3.63) is 29.8 Å². The van der Waals surface area contributed by atoms with Crippen LogP contribution in [-0.4, -0.2) is 53.5 Å². The van der Waals surface area contributed by atoms with Crippen LogP contribution in [0.5, 0.6) is 0 Å². The Morgan fingerprint density at radius 1 is 1.15 bits per heavy atom. The fraction of sp³-hybridized carbons (Fsp3) is 0.600. The molecule has 2 unspecified atom stereocenters. The minimum absolute atomic E-state index is 0. The number of nitrogens with zero attached hydrogens (tertiary/aromatic N) is 2. The van der Waals surface area contributed by atoms with Gasteiger partial charge in [-0.2, -0.15) is 0 Å². The summed E-state index contributed by atoms with van der Waals surface area (Å²) in [6.07, 6.45) is 3.95. The largest absolute Gasteiger partial charge is 0.339 e. The summed E-state index contributed by atoms with van der Waals surface area (Å²) in [5.74, 6) is 0.0670. The molecule has 7 heteroatoms. The monoisotopic (exact) mass is 394 g/mol. The van der Waals surface area contributed by atoms with Crippen molar-refractivity contribution in [2.75, 3.05) is 31.5 Å². The molecular formula is C20H31ClN4O2. The Morgan fingerprint density at radius 2 is 1.81 bits per heavy atom. The Bertz CT molecular complexity index is 672. The lowest BCUT2D eigenvalue weighted by molar-refractivity contribution is -0.140. The van der Waals surface area contributed by atoms with Crippen LogP contribution in [0.3, 0.4) is 0 Å². The van der Waals surface area contributed by atoms with E-state index in [1.807, 2.05) is 43.0 Å². The van der Waals surface area contributed by atoms with E-state index >= 15 is 0 Å². The number of carbonyl (C=O) groups excluding carboxylic acids is 2. The zero-order chi connectivity index (χ0) is 18.7. The van der Waals surface area contributed by atoms with Crippen LogP contribution in [0.25, 0.3) is 0 Å². The first-order chi connectivity index (χ1) is 12.4. The van der Waals surface area contributed by atoms with E-state index in [4.69, 9.17) is 5.73 Å². The number of rotatable bonds is 2. The summed E-state index contributed by atoms with van der Waals surface area (Å²) in [6.45, 7) is 6.25. The average Bonchev–Trinajstić information content (AvgIpc) is 2.61. The van der Waals surface area contributed by atoms with Gasteiger partial charge in [0.2, 0.25) is 5.91 Å². The Labute approximate surface area is 167 Å². The van der Waals surface area contributed by atoms with Gasteiger partial charge >= 0.3 is 6.03 Å². The van der Waals surface area contributed by atoms with Crippen molar-refractivity contribution in [3.63, 3.8) is 0 Å². The smallest absolute Gasteiger partial charge is 0.321 e. The number of nitrogens with two attached hydrogens (primary N) is 1. The van der Waals surface area contributed by atoms with Crippen molar-refractivity contribution in [1.29, 1.82) is 0 Å². The first-order valence-electron chi connectivity index (χ1n) is 9.57. The van der Waals surface area contributed by atoms with Crippen molar-refractivity contribution in [1.82, 2.24) is 9.80 Å². The molecular weight excluding hydrogens is 364 g/mol. The fourth-order valence-electron chi connectivity index (χ4n) is 4.04. The van der Waals surface area contributed by atoms with Crippen molar-refractivity contribution in [2.24, 2.45) is 11.7 Å². The third kappa shape index (κ3) is 5.14. The highest BCUT2D eigenvalue weighted by Crippen LogP contribution is 2.33. The van der Waals surface area contributed by atoms with Gasteiger partial charge in [-0.3, -0.25) is 4.79 Å². The second kappa shape index (κ2) is 8.93. The van der Waals surface area contributed by atoms with Crippen molar-refractivity contribution < 1.29 is 9.59 Å². The molecule has 1 saturated heterocycles. The average molecular weight is 395 g/mol. The molecule has 3 rings (SSSR count). The summed E-state index contributed by atoms with van der Waals surface area (Å²) in [6, 6.07) is 7.65. The Kier molecular flexibility index (Phi) is 7.12. The van der Waals surface area contributed by atoms with Gasteiger partial charge in [0.15, 0.2) is 0 Å². The number of nitrogens with one attached hydrogen (secondary N) is 1. The summed E-state index contributed by atoms with van der Waals surface area (Å²) in [5.41, 5.74) is 7.88. The topological polar surface area (TPSA) is 78.7 Å². The van der Waals surface area contributed by atoms with Crippen molar-refractivity contribution in [2.45, 2.75) is 45.1 Å². The lowest BCUT2D eigenvalue weighted by Gasteiger charge is -2.42. The lowest BCUT2D eigenvalue weighted by Crippen LogP contribution is -2.58. The van der Waals surface area contributed by atoms with Crippen LogP contribution in [0.15, 0.2) is 24.3 Å². The zero-order valence-corrected chi connectivity index (χ0v) is 17.1. The molecule has 1 aromatic carbocycles. The van der Waals surface area contributed by atoms with Gasteiger partial charge in [0.25, 0.3) is 0 Å². The van der Waals surface area contributed by atoms with Gasteiger partial charge in [0.05, 0.1) is 5.92 Å². The number of aryl methyl sites for hydroxylation is 1. The number of hydrogen-bond donors (Lipinski definition) is 2. The molecule has 2 atom stereocenters. The molecule has 3 N–H and O–H groups in total. The van der Waals surface area contributed by atoms with E-state index in [9.17, 15) is 9.59 Å². The van der Waals surface area contributed by atoms with E-state index in [1.165, 1.54) is 0 Å². The lowest BCUT2D eigenvalue weighted by atomic mass is 9.74. The summed E-state index contributed by atoms with van der Waals surface area (Å²) in [5, 5.41) is 2.94. The highest BCUT2D eigenvalue weighted by atomic mass is 35.5. The minimum Gasteiger partial charge on any atom is -0.339 e. The molecule has 3 amide bonds. The number of urea groups is 1. The number of hydrogen-bond acceptors (Lipinski definition) is 3. The van der Waals surface area contributed by atoms with Crippen LogP contribution in [0.2, 0.25) is 0 Å². The van der Waals surface area contributed by atoms with Gasteiger partial charge in [0, 0.05) is 37.4 Å². The molecule has 6 nitrogen and oxygen atoms in total. The number of benzene rings is 1. The molecule has 1 saturated carbocycles. The molecule has 1 heterocycles. The molecule has 1 aliphatic heterocycles. The van der Waals surface area contributed by atoms with Gasteiger partial charge in [0.1, 0.15) is 0 Å². The number of carbonyl (C=O) groups is 2. The van der Waals surface area contributed by atoms with Crippen LogP contribution < -0.4 is 11.1 Å². The molecule has 0 bridgehead atoms. The molecule has 1 aliphatic carbocycles. The molecule has 27 heavy (non-hydrogen) atoms. The molecule has 2 fully saturated rings. The highest BCUT2D eigenvalue weighted by Gasteiger charge is 2.40. The van der Waals surface area contributed by atoms with Gasteiger partial charge in [-0.25, -0.2) is 4.79 Å². The van der Waals surface area contributed by atoms with Gasteiger partial charge in [-0.1, -0.05) is 25.0 Å². The SMILES string of the molecule is Cc1cccc(NC(=O)N2CCN(C(=O)C3CCCCC3(C)N)CC2)c1.Cl. The Hall–Kier alpha value is -1.79. The van der Waals surface area contributed by atoms with E-state index in [0.29, 0.717) is 26.2 Å². The summed E-state index contributed by atoms with van der Waals surface area (Å²) in [7, 11) is 0. The fourth-order valence-corrected chi connectivity index (χ4v) is 4.04. The third-order valence-electron chi connectivity index (χ3n) is 5.70. The van der Waals surface area contributed by atoms with Gasteiger partial charge in [-0.15, -0.1) is 12.4 Å². The summed E-state index contributed by atoms with van der Waals surface area (Å²) < 4.78 is 0. The van der Waals surface area contributed by atoms with E-state index in [0.717, 1.165) is 36.9 Å². The molecule has 150 valence electrons. The van der Waals surface area contributed by atoms with Gasteiger partial charge < -0.3 is 20.9 Å². The number of amides is 3. The number of piperazine rings is 1. The van der Waals surface area contributed by atoms with Crippen molar-refractivity contribution >= 4 is 30.0 Å². The van der Waals surface area contributed by atoms with Crippen LogP contribution in [0.1, 0.15) is 38.2 Å². The van der Waals surface area contributed by atoms with Crippen molar-refractivity contribution in [3.8, 4) is 0 Å². The molecule has 0 aromatic heterocycles. The van der Waals surface area contributed by atoms with E-state index in [2.05, 4.69) is 5.32 Å². The second-order valence-electron chi connectivity index (χ2n) is 7.92. The Morgan fingerprint density at radius 3 is 2.44 bits per heavy atom. The third-order valence-corrected chi connectivity index (χ3v) is 5.70. The Balaban J connectivity index is 0.00000261. The van der Waals surface area contributed by atoms with E-state index in [-0.39, 0.29) is 30.3 Å². The molecule has 0 radical (unpaired) electrons. The quantitative estimate of drug-likeness (QED) is 0.809. The minimum atomic E-state index is -0.408. The molecule has 1 aromatic rings. The van der Waals surface area contributed by atoms with Crippen LogP contribution in [0, 0.1) is 12.8 Å². The maximum absolute atomic E-state index is 12.9. The predicted molar refractivity (Wildman–Crippen MR) is 110 cm³/mol. The van der Waals surface area contributed by atoms with Crippen LogP contribution >= 0.6 is 12.4 Å². The normalized spacial score (nSPS) is 25.5. The summed E-state index contributed by atoms with van der Waals surface area (Å²) in [4.78, 5) is 29.0. The van der Waals surface area contributed by atoms with Gasteiger partial charge in [-0.05, 0) is 44.4 Å². The number of halogens is 1. The molecule has 2 aliphatic rings. The van der Waals surface area contributed by atoms with Crippen LogP contribution in [0.4, 0.5) is 10.5 Å². The van der Waals surface area contributed by atoms with E-state index < -0.39 is 5.54 Å². The maximum Gasteiger partial charge on any atom is 0.321 e. The zero-order valence-electron chi connectivity index (χ0n) is 16.2. The number of anilines is 1. The van der Waals surface area contributed by atoms with Crippen LogP contribution in [-0.2, 0) is 4.79 Å². The first kappa shape index (κ1) is 21.5. The maximum atomic E-state index is 12.9. The molecule has 0 spiro atoms. The second-order valence-corrected chi connectivity index (χ2v) is 7.92. The summed E-state index contributed by atoms with van der Waals surface area (Å²) >= 11 is 0. The van der Waals surface area contributed by atoms with E-state index in [1.54, 1.807) is 4.90 Å². The first-order valence-corrected chi connectivity index (χ1v) is 9.57. The predicted octanol–water partition coefficient (Wildman–Crippen LogP) is 3.00.